The molecular formula is C20H24N2O6S. The quantitative estimate of drug-likeness (QED) is 0.657. The molecule has 2 rings (SSSR count). The van der Waals surface area contributed by atoms with Crippen molar-refractivity contribution in [1.82, 2.24) is 4.31 Å². The third kappa shape index (κ3) is 5.86. The molecule has 0 saturated carbocycles. The van der Waals surface area contributed by atoms with Gasteiger partial charge >= 0.3 is 5.97 Å². The average Bonchev–Trinajstić information content (AvgIpc) is 2.68. The molecule has 0 aliphatic carbocycles. The van der Waals surface area contributed by atoms with Gasteiger partial charge in [-0.25, -0.2) is 17.5 Å². The third-order valence-corrected chi connectivity index (χ3v) is 5.91. The number of esters is 1. The number of rotatable bonds is 8. The molecule has 29 heavy (non-hydrogen) atoms. The van der Waals surface area contributed by atoms with E-state index in [0.29, 0.717) is 23.4 Å². The van der Waals surface area contributed by atoms with Gasteiger partial charge in [-0.2, -0.15) is 0 Å². The minimum absolute atomic E-state index is 0.0524. The van der Waals surface area contributed by atoms with Gasteiger partial charge in [0.2, 0.25) is 10.0 Å². The second-order valence-electron chi connectivity index (χ2n) is 6.52. The van der Waals surface area contributed by atoms with Gasteiger partial charge in [-0.15, -0.1) is 0 Å². The summed E-state index contributed by atoms with van der Waals surface area (Å²) in [5.41, 5.74) is 2.23. The molecule has 0 heterocycles. The molecule has 0 atom stereocenters. The van der Waals surface area contributed by atoms with E-state index in [2.05, 4.69) is 5.32 Å². The standard InChI is InChI=1S/C20H24N2O6S/c1-14-5-10-17(29(25,26)22(2)3)11-18(14)21-19(23)13-28-20(24)16-8-6-15(7-9-16)12-27-4/h5-11H,12-13H2,1-4H3,(H,21,23). The van der Waals surface area contributed by atoms with E-state index in [0.717, 1.165) is 9.87 Å². The number of aryl methyl sites for hydroxylation is 1. The van der Waals surface area contributed by atoms with E-state index < -0.39 is 28.5 Å². The predicted octanol–water partition coefficient (Wildman–Crippen LogP) is 2.19. The first-order valence-corrected chi connectivity index (χ1v) is 10.2. The maximum Gasteiger partial charge on any atom is 0.338 e. The first-order valence-electron chi connectivity index (χ1n) is 8.73. The van der Waals surface area contributed by atoms with Gasteiger partial charge in [0.05, 0.1) is 17.1 Å². The molecule has 0 fully saturated rings. The highest BCUT2D eigenvalue weighted by Crippen LogP contribution is 2.22. The molecule has 2 aromatic rings. The number of benzene rings is 2. The SMILES string of the molecule is COCc1ccc(C(=O)OCC(=O)Nc2cc(S(=O)(=O)N(C)C)ccc2C)cc1. The molecule has 1 amide bonds. The summed E-state index contributed by atoms with van der Waals surface area (Å²) in [5.74, 6) is -1.21. The van der Waals surface area contributed by atoms with Crippen molar-refractivity contribution in [2.45, 2.75) is 18.4 Å². The first kappa shape index (κ1) is 22.5. The molecule has 156 valence electrons. The molecule has 1 N–H and O–H groups in total. The monoisotopic (exact) mass is 420 g/mol. The van der Waals surface area contributed by atoms with E-state index in [4.69, 9.17) is 9.47 Å². The number of amides is 1. The highest BCUT2D eigenvalue weighted by Gasteiger charge is 2.19. The lowest BCUT2D eigenvalue weighted by Crippen LogP contribution is -2.23. The molecule has 0 spiro atoms. The van der Waals surface area contributed by atoms with Crippen LogP contribution in [0.5, 0.6) is 0 Å². The third-order valence-electron chi connectivity index (χ3n) is 4.10. The average molecular weight is 420 g/mol. The lowest BCUT2D eigenvalue weighted by Gasteiger charge is -2.14. The van der Waals surface area contributed by atoms with Crippen LogP contribution in [-0.2, 0) is 30.9 Å². The molecule has 0 unspecified atom stereocenters. The van der Waals surface area contributed by atoms with Crippen molar-refractivity contribution in [2.75, 3.05) is 33.1 Å². The van der Waals surface area contributed by atoms with Crippen molar-refractivity contribution < 1.29 is 27.5 Å². The number of methoxy groups -OCH3 is 1. The Kier molecular flexibility index (Phi) is 7.49. The summed E-state index contributed by atoms with van der Waals surface area (Å²) in [7, 11) is 0.794. The molecule has 9 heteroatoms. The second kappa shape index (κ2) is 9.64. The van der Waals surface area contributed by atoms with Crippen molar-refractivity contribution in [3.05, 3.63) is 59.2 Å². The number of carbonyl (C=O) groups is 2. The summed E-state index contributed by atoms with van der Waals surface area (Å²) in [6.07, 6.45) is 0. The van der Waals surface area contributed by atoms with Gasteiger partial charge in [-0.05, 0) is 42.3 Å². The van der Waals surface area contributed by atoms with Crippen LogP contribution < -0.4 is 5.32 Å². The predicted molar refractivity (Wildman–Crippen MR) is 108 cm³/mol. The van der Waals surface area contributed by atoms with Gasteiger partial charge in [-0.3, -0.25) is 4.79 Å². The van der Waals surface area contributed by atoms with Crippen LogP contribution in [0.2, 0.25) is 0 Å². The molecule has 0 aromatic heterocycles. The second-order valence-corrected chi connectivity index (χ2v) is 8.67. The molecule has 2 aromatic carbocycles. The highest BCUT2D eigenvalue weighted by molar-refractivity contribution is 7.89. The summed E-state index contributed by atoms with van der Waals surface area (Å²) in [6, 6.07) is 11.1. The van der Waals surface area contributed by atoms with Crippen LogP contribution in [-0.4, -0.2) is 52.4 Å². The van der Waals surface area contributed by atoms with Crippen LogP contribution in [0.3, 0.4) is 0 Å². The lowest BCUT2D eigenvalue weighted by molar-refractivity contribution is -0.119. The van der Waals surface area contributed by atoms with Crippen molar-refractivity contribution >= 4 is 27.6 Å². The fourth-order valence-electron chi connectivity index (χ4n) is 2.41. The normalized spacial score (nSPS) is 11.3. The van der Waals surface area contributed by atoms with Crippen LogP contribution in [0.4, 0.5) is 5.69 Å². The number of anilines is 1. The Balaban J connectivity index is 2.01. The topological polar surface area (TPSA) is 102 Å². The van der Waals surface area contributed by atoms with Crippen LogP contribution in [0.25, 0.3) is 0 Å². The largest absolute Gasteiger partial charge is 0.452 e. The summed E-state index contributed by atoms with van der Waals surface area (Å²) >= 11 is 0. The van der Waals surface area contributed by atoms with E-state index in [1.807, 2.05) is 0 Å². The first-order chi connectivity index (χ1) is 13.6. The summed E-state index contributed by atoms with van der Waals surface area (Å²) in [6.45, 7) is 1.66. The number of hydrogen-bond donors (Lipinski definition) is 1. The minimum Gasteiger partial charge on any atom is -0.452 e. The van der Waals surface area contributed by atoms with Crippen LogP contribution in [0, 0.1) is 6.92 Å². The highest BCUT2D eigenvalue weighted by atomic mass is 32.2. The van der Waals surface area contributed by atoms with E-state index in [9.17, 15) is 18.0 Å². The van der Waals surface area contributed by atoms with Crippen molar-refractivity contribution in [3.63, 3.8) is 0 Å². The zero-order valence-corrected chi connectivity index (χ0v) is 17.6. The molecule has 0 bridgehead atoms. The van der Waals surface area contributed by atoms with Crippen LogP contribution >= 0.6 is 0 Å². The Labute approximate surface area is 170 Å². The molecule has 0 saturated heterocycles. The van der Waals surface area contributed by atoms with Gasteiger partial charge in [0.25, 0.3) is 5.91 Å². The van der Waals surface area contributed by atoms with E-state index in [1.54, 1.807) is 44.4 Å². The molecule has 8 nitrogen and oxygen atoms in total. The Hall–Kier alpha value is -2.75. The molecule has 0 aliphatic heterocycles. The smallest absolute Gasteiger partial charge is 0.338 e. The van der Waals surface area contributed by atoms with Gasteiger partial charge in [0.15, 0.2) is 6.61 Å². The Morgan fingerprint density at radius 3 is 2.31 bits per heavy atom. The van der Waals surface area contributed by atoms with Crippen LogP contribution in [0.15, 0.2) is 47.4 Å². The van der Waals surface area contributed by atoms with E-state index >= 15 is 0 Å². The Bertz CT molecular complexity index is 985. The number of sulfonamides is 1. The molecule has 0 aliphatic rings. The van der Waals surface area contributed by atoms with Gasteiger partial charge in [0.1, 0.15) is 0 Å². The fraction of sp³-hybridized carbons (Fsp3) is 0.300. The Morgan fingerprint density at radius 2 is 1.72 bits per heavy atom. The number of carbonyl (C=O) groups excluding carboxylic acids is 2. The Morgan fingerprint density at radius 1 is 1.07 bits per heavy atom. The van der Waals surface area contributed by atoms with Crippen molar-refractivity contribution in [1.29, 1.82) is 0 Å². The lowest BCUT2D eigenvalue weighted by atomic mass is 10.1. The number of hydrogen-bond acceptors (Lipinski definition) is 6. The summed E-state index contributed by atoms with van der Waals surface area (Å²) in [5, 5.41) is 2.58. The van der Waals surface area contributed by atoms with E-state index in [1.165, 1.54) is 26.2 Å². The number of ether oxygens (including phenoxy) is 2. The molecular weight excluding hydrogens is 396 g/mol. The maximum atomic E-state index is 12.3. The summed E-state index contributed by atoms with van der Waals surface area (Å²) in [4.78, 5) is 24.3. The minimum atomic E-state index is -3.63. The number of nitrogens with zero attached hydrogens (tertiary/aromatic N) is 1. The maximum absolute atomic E-state index is 12.3. The van der Waals surface area contributed by atoms with Gasteiger partial charge in [-0.1, -0.05) is 18.2 Å². The van der Waals surface area contributed by atoms with Crippen molar-refractivity contribution in [2.24, 2.45) is 0 Å². The van der Waals surface area contributed by atoms with Crippen molar-refractivity contribution in [3.8, 4) is 0 Å². The van der Waals surface area contributed by atoms with E-state index in [-0.39, 0.29) is 4.90 Å². The zero-order chi connectivity index (χ0) is 21.6. The summed E-state index contributed by atoms with van der Waals surface area (Å²) < 4.78 is 35.6. The molecule has 0 radical (unpaired) electrons. The zero-order valence-electron chi connectivity index (χ0n) is 16.8. The fourth-order valence-corrected chi connectivity index (χ4v) is 3.34. The number of nitrogens with one attached hydrogen (secondary N) is 1. The van der Waals surface area contributed by atoms with Gasteiger partial charge < -0.3 is 14.8 Å². The van der Waals surface area contributed by atoms with Crippen LogP contribution in [0.1, 0.15) is 21.5 Å². The van der Waals surface area contributed by atoms with Gasteiger partial charge in [0, 0.05) is 26.9 Å².